The minimum atomic E-state index is -0.302. The molecule has 3 heterocycles. The Labute approximate surface area is 175 Å². The first-order valence-corrected chi connectivity index (χ1v) is 11.4. The highest BCUT2D eigenvalue weighted by Gasteiger charge is 2.28. The van der Waals surface area contributed by atoms with E-state index >= 15 is 0 Å². The van der Waals surface area contributed by atoms with Crippen molar-refractivity contribution in [3.05, 3.63) is 46.7 Å². The van der Waals surface area contributed by atoms with Crippen molar-refractivity contribution in [3.8, 4) is 0 Å². The average Bonchev–Trinajstić information content (AvgIpc) is 3.23. The van der Waals surface area contributed by atoms with E-state index in [4.69, 9.17) is 0 Å². The molecule has 2 saturated heterocycles. The van der Waals surface area contributed by atoms with Crippen LogP contribution in [0.1, 0.15) is 47.8 Å². The number of nitrogens with one attached hydrogen (secondary N) is 1. The summed E-state index contributed by atoms with van der Waals surface area (Å²) in [7, 11) is 0. The number of amides is 1. The fourth-order valence-electron chi connectivity index (χ4n) is 4.40. The summed E-state index contributed by atoms with van der Waals surface area (Å²) in [4.78, 5) is 22.4. The van der Waals surface area contributed by atoms with Gasteiger partial charge < -0.3 is 10.2 Å². The van der Waals surface area contributed by atoms with Gasteiger partial charge in [0.2, 0.25) is 0 Å². The summed E-state index contributed by atoms with van der Waals surface area (Å²) in [6.45, 7) is 6.97. The van der Waals surface area contributed by atoms with Crippen LogP contribution in [0.3, 0.4) is 0 Å². The molecule has 0 bridgehead atoms. The summed E-state index contributed by atoms with van der Waals surface area (Å²) in [5.74, 6) is 0.309. The number of piperidine rings is 2. The number of aromatic nitrogens is 1. The highest BCUT2D eigenvalue weighted by atomic mass is 32.1. The van der Waals surface area contributed by atoms with Crippen LogP contribution < -0.4 is 10.2 Å². The summed E-state index contributed by atoms with van der Waals surface area (Å²) in [6.07, 6.45) is 6.62. The third kappa shape index (κ3) is 4.95. The number of rotatable bonds is 5. The molecule has 29 heavy (non-hydrogen) atoms. The third-order valence-electron chi connectivity index (χ3n) is 6.05. The smallest absolute Gasteiger partial charge is 0.263 e. The fourth-order valence-corrected chi connectivity index (χ4v) is 5.28. The Morgan fingerprint density at radius 1 is 1.24 bits per heavy atom. The predicted molar refractivity (Wildman–Crippen MR) is 115 cm³/mol. The molecule has 2 aromatic rings. The van der Waals surface area contributed by atoms with E-state index in [0.29, 0.717) is 16.5 Å². The molecule has 2 fully saturated rings. The van der Waals surface area contributed by atoms with Crippen LogP contribution in [0.5, 0.6) is 0 Å². The molecule has 0 radical (unpaired) electrons. The molecule has 0 spiro atoms. The first kappa shape index (κ1) is 20.3. The van der Waals surface area contributed by atoms with Crippen LogP contribution in [0.2, 0.25) is 0 Å². The molecule has 5 nitrogen and oxygen atoms in total. The molecule has 0 aliphatic carbocycles. The first-order chi connectivity index (χ1) is 14.1. The monoisotopic (exact) mass is 416 g/mol. The molecular weight excluding hydrogens is 387 g/mol. The molecule has 7 heteroatoms. The number of likely N-dealkylation sites (tertiary alicyclic amines) is 1. The zero-order valence-electron chi connectivity index (χ0n) is 16.9. The van der Waals surface area contributed by atoms with Gasteiger partial charge in [0.15, 0.2) is 5.13 Å². The van der Waals surface area contributed by atoms with Gasteiger partial charge in [-0.1, -0.05) is 36.5 Å². The van der Waals surface area contributed by atoms with Crippen molar-refractivity contribution >= 4 is 22.4 Å². The van der Waals surface area contributed by atoms with Gasteiger partial charge in [-0.3, -0.25) is 9.69 Å². The van der Waals surface area contributed by atoms with Crippen LogP contribution in [0, 0.1) is 11.7 Å². The Balaban J connectivity index is 1.29. The van der Waals surface area contributed by atoms with Gasteiger partial charge in [-0.05, 0) is 44.2 Å². The third-order valence-corrected chi connectivity index (χ3v) is 7.11. The first-order valence-electron chi connectivity index (χ1n) is 10.6. The lowest BCUT2D eigenvalue weighted by Gasteiger charge is -2.41. The Hall–Kier alpha value is -1.99. The largest absolute Gasteiger partial charge is 0.348 e. The second-order valence-corrected chi connectivity index (χ2v) is 9.25. The summed E-state index contributed by atoms with van der Waals surface area (Å²) in [5.41, 5.74) is 0.486. The Morgan fingerprint density at radius 2 is 2.03 bits per heavy atom. The average molecular weight is 417 g/mol. The summed E-state index contributed by atoms with van der Waals surface area (Å²) in [6, 6.07) is 7.17. The van der Waals surface area contributed by atoms with Crippen molar-refractivity contribution in [1.82, 2.24) is 15.2 Å². The minimum Gasteiger partial charge on any atom is -0.348 e. The van der Waals surface area contributed by atoms with E-state index in [-0.39, 0.29) is 18.3 Å². The number of anilines is 1. The zero-order valence-corrected chi connectivity index (χ0v) is 17.8. The molecule has 2 aliphatic rings. The number of thiazole rings is 1. The molecule has 1 aromatic heterocycles. The number of carbonyl (C=O) groups excluding carboxylic acids is 1. The maximum absolute atomic E-state index is 13.7. The van der Waals surface area contributed by atoms with E-state index in [2.05, 4.69) is 27.0 Å². The van der Waals surface area contributed by atoms with Crippen LogP contribution in [-0.2, 0) is 6.54 Å². The van der Waals surface area contributed by atoms with E-state index < -0.39 is 0 Å². The lowest BCUT2D eigenvalue weighted by Crippen LogP contribution is -2.48. The lowest BCUT2D eigenvalue weighted by atomic mass is 9.95. The molecule has 2 aliphatic heterocycles. The molecule has 1 atom stereocenters. The van der Waals surface area contributed by atoms with E-state index in [9.17, 15) is 9.18 Å². The topological polar surface area (TPSA) is 48.5 Å². The molecule has 1 amide bonds. The van der Waals surface area contributed by atoms with Crippen LogP contribution >= 0.6 is 11.3 Å². The van der Waals surface area contributed by atoms with Gasteiger partial charge in [-0.25, -0.2) is 9.37 Å². The number of benzene rings is 1. The summed E-state index contributed by atoms with van der Waals surface area (Å²) >= 11 is 1.42. The molecule has 0 saturated carbocycles. The SMILES string of the molecule is C[C@@H]1CCCN(C2CCN(c3ncc(C(=O)NCc4ccccc4F)s3)CC2)C1. The van der Waals surface area contributed by atoms with Gasteiger partial charge in [-0.15, -0.1) is 0 Å². The van der Waals surface area contributed by atoms with Crippen molar-refractivity contribution in [1.29, 1.82) is 0 Å². The van der Waals surface area contributed by atoms with E-state index in [1.807, 2.05) is 0 Å². The molecule has 1 N–H and O–H groups in total. The van der Waals surface area contributed by atoms with E-state index in [1.165, 1.54) is 43.3 Å². The van der Waals surface area contributed by atoms with E-state index in [0.717, 1.165) is 37.0 Å². The predicted octanol–water partition coefficient (Wildman–Crippen LogP) is 3.91. The second-order valence-electron chi connectivity index (χ2n) is 8.24. The van der Waals surface area contributed by atoms with Crippen molar-refractivity contribution in [2.24, 2.45) is 5.92 Å². The highest BCUT2D eigenvalue weighted by Crippen LogP contribution is 2.28. The molecule has 0 unspecified atom stereocenters. The summed E-state index contributed by atoms with van der Waals surface area (Å²) < 4.78 is 13.7. The van der Waals surface area contributed by atoms with Gasteiger partial charge in [0.05, 0.1) is 6.20 Å². The van der Waals surface area contributed by atoms with Crippen molar-refractivity contribution in [2.75, 3.05) is 31.1 Å². The molecule has 1 aromatic carbocycles. The summed E-state index contributed by atoms with van der Waals surface area (Å²) in [5, 5.41) is 3.70. The van der Waals surface area contributed by atoms with Gasteiger partial charge in [0.1, 0.15) is 10.7 Å². The maximum atomic E-state index is 13.7. The standard InChI is InChI=1S/C22H29FN4OS/c1-16-5-4-10-27(15-16)18-8-11-26(12-9-18)22-25-14-20(29-22)21(28)24-13-17-6-2-3-7-19(17)23/h2-3,6-7,14,16,18H,4-5,8-13,15H2,1H3,(H,24,28)/t16-/m1/s1. The lowest BCUT2D eigenvalue weighted by molar-refractivity contribution is 0.0954. The van der Waals surface area contributed by atoms with Crippen LogP contribution in [0.25, 0.3) is 0 Å². The van der Waals surface area contributed by atoms with Gasteiger partial charge in [0, 0.05) is 37.8 Å². The second kappa shape index (κ2) is 9.22. The molecule has 156 valence electrons. The number of nitrogens with zero attached hydrogens (tertiary/aromatic N) is 3. The quantitative estimate of drug-likeness (QED) is 0.803. The minimum absolute atomic E-state index is 0.179. The van der Waals surface area contributed by atoms with E-state index in [1.54, 1.807) is 24.4 Å². The highest BCUT2D eigenvalue weighted by molar-refractivity contribution is 7.17. The fraction of sp³-hybridized carbons (Fsp3) is 0.545. The van der Waals surface area contributed by atoms with Gasteiger partial charge in [-0.2, -0.15) is 0 Å². The van der Waals surface area contributed by atoms with Crippen molar-refractivity contribution in [2.45, 2.75) is 45.2 Å². The van der Waals surface area contributed by atoms with Crippen LogP contribution in [0.15, 0.2) is 30.5 Å². The zero-order chi connectivity index (χ0) is 20.2. The van der Waals surface area contributed by atoms with Gasteiger partial charge >= 0.3 is 0 Å². The number of hydrogen-bond acceptors (Lipinski definition) is 5. The normalized spacial score (nSPS) is 21.3. The Kier molecular flexibility index (Phi) is 6.45. The van der Waals surface area contributed by atoms with Crippen LogP contribution in [-0.4, -0.2) is 48.0 Å². The Morgan fingerprint density at radius 3 is 2.79 bits per heavy atom. The maximum Gasteiger partial charge on any atom is 0.263 e. The number of hydrogen-bond donors (Lipinski definition) is 1. The number of halogens is 1. The van der Waals surface area contributed by atoms with Crippen LogP contribution in [0.4, 0.5) is 9.52 Å². The molecule has 4 rings (SSSR count). The Bertz CT molecular complexity index is 834. The van der Waals surface area contributed by atoms with Crippen molar-refractivity contribution in [3.63, 3.8) is 0 Å². The van der Waals surface area contributed by atoms with Gasteiger partial charge in [0.25, 0.3) is 5.91 Å². The number of carbonyl (C=O) groups is 1. The molecular formula is C22H29FN4OS. The van der Waals surface area contributed by atoms with Crippen molar-refractivity contribution < 1.29 is 9.18 Å².